The zero-order chi connectivity index (χ0) is 28.2. The number of para-hydroxylation sites is 1. The number of thiazole rings is 1. The van der Waals surface area contributed by atoms with Crippen LogP contribution >= 0.6 is 57.9 Å². The minimum Gasteiger partial charge on any atom is -0.297 e. The molecule has 6 nitrogen and oxygen atoms in total. The van der Waals surface area contributed by atoms with E-state index in [0.717, 1.165) is 16.0 Å². The van der Waals surface area contributed by atoms with Gasteiger partial charge in [0.1, 0.15) is 16.7 Å². The summed E-state index contributed by atoms with van der Waals surface area (Å²) in [6, 6.07) is 23.7. The van der Waals surface area contributed by atoms with Crippen molar-refractivity contribution in [3.63, 3.8) is 0 Å². The van der Waals surface area contributed by atoms with E-state index in [-0.39, 0.29) is 16.5 Å². The molecular formula is C29H19Cl3N4O2S2. The number of carbonyl (C=O) groups is 2. The van der Waals surface area contributed by atoms with Gasteiger partial charge in [-0.3, -0.25) is 19.8 Å². The Balaban J connectivity index is 1.42. The highest BCUT2D eigenvalue weighted by Gasteiger charge is 2.41. The van der Waals surface area contributed by atoms with Gasteiger partial charge in [0, 0.05) is 28.2 Å². The smallest absolute Gasteiger partial charge is 0.270 e. The summed E-state index contributed by atoms with van der Waals surface area (Å²) < 4.78 is 0. The molecule has 1 fully saturated rings. The number of nitrogens with one attached hydrogen (secondary N) is 1. The summed E-state index contributed by atoms with van der Waals surface area (Å²) in [4.78, 5) is 33.6. The number of anilines is 2. The van der Waals surface area contributed by atoms with Crippen molar-refractivity contribution in [3.8, 4) is 6.07 Å². The maximum atomic E-state index is 13.6. The van der Waals surface area contributed by atoms with E-state index in [1.54, 1.807) is 48.7 Å². The van der Waals surface area contributed by atoms with Crippen molar-refractivity contribution in [2.75, 3.05) is 10.2 Å². The molecule has 1 aliphatic rings. The van der Waals surface area contributed by atoms with E-state index in [9.17, 15) is 14.9 Å². The van der Waals surface area contributed by atoms with Gasteiger partial charge in [-0.05, 0) is 47.9 Å². The highest BCUT2D eigenvalue weighted by atomic mass is 35.5. The van der Waals surface area contributed by atoms with Crippen molar-refractivity contribution in [3.05, 3.63) is 121 Å². The fourth-order valence-electron chi connectivity index (χ4n) is 4.12. The fourth-order valence-corrected chi connectivity index (χ4v) is 6.78. The molecule has 1 atom stereocenters. The minimum atomic E-state index is -0.646. The Morgan fingerprint density at radius 3 is 2.48 bits per heavy atom. The lowest BCUT2D eigenvalue weighted by atomic mass is 10.1. The van der Waals surface area contributed by atoms with E-state index in [1.165, 1.54) is 28.0 Å². The van der Waals surface area contributed by atoms with Gasteiger partial charge in [-0.1, -0.05) is 89.0 Å². The Kier molecular flexibility index (Phi) is 8.79. The minimum absolute atomic E-state index is 0.179. The maximum absolute atomic E-state index is 13.6. The van der Waals surface area contributed by atoms with Crippen LogP contribution in [0.5, 0.6) is 0 Å². The number of hydrogen-bond donors (Lipinski definition) is 1. The van der Waals surface area contributed by atoms with Gasteiger partial charge in [-0.15, -0.1) is 11.3 Å². The number of rotatable bonds is 7. The third-order valence-electron chi connectivity index (χ3n) is 6.02. The summed E-state index contributed by atoms with van der Waals surface area (Å²) in [5.41, 5.74) is 2.13. The fraction of sp³-hybridized carbons (Fsp3) is 0.103. The molecule has 0 aliphatic carbocycles. The molecule has 1 aromatic heterocycles. The van der Waals surface area contributed by atoms with Crippen molar-refractivity contribution in [2.24, 2.45) is 0 Å². The topological polar surface area (TPSA) is 86.1 Å². The third kappa shape index (κ3) is 6.20. The van der Waals surface area contributed by atoms with Crippen LogP contribution in [0.15, 0.2) is 89.6 Å². The summed E-state index contributed by atoms with van der Waals surface area (Å²) in [5, 5.41) is 14.3. The molecule has 2 heterocycles. The van der Waals surface area contributed by atoms with Gasteiger partial charge in [0.2, 0.25) is 5.91 Å². The molecule has 3 aromatic carbocycles. The van der Waals surface area contributed by atoms with Crippen LogP contribution in [-0.2, 0) is 22.4 Å². The molecular weight excluding hydrogens is 607 g/mol. The summed E-state index contributed by atoms with van der Waals surface area (Å²) in [5.74, 6) is -0.887. The second-order valence-electron chi connectivity index (χ2n) is 8.71. The lowest BCUT2D eigenvalue weighted by molar-refractivity contribution is -0.117. The largest absolute Gasteiger partial charge is 0.297 e. The van der Waals surface area contributed by atoms with E-state index in [0.29, 0.717) is 38.7 Å². The number of thioether (sulfide) groups is 1. The molecule has 11 heteroatoms. The molecule has 200 valence electrons. The van der Waals surface area contributed by atoms with Crippen LogP contribution in [0.4, 0.5) is 10.8 Å². The molecule has 1 saturated heterocycles. The van der Waals surface area contributed by atoms with Crippen LogP contribution in [0.2, 0.25) is 15.1 Å². The lowest BCUT2D eigenvalue weighted by Gasteiger charge is -2.18. The number of nitriles is 1. The van der Waals surface area contributed by atoms with Crippen molar-refractivity contribution in [1.82, 2.24) is 4.98 Å². The normalized spacial score (nSPS) is 16.1. The van der Waals surface area contributed by atoms with Crippen molar-refractivity contribution < 1.29 is 9.59 Å². The first-order valence-electron chi connectivity index (χ1n) is 12.0. The van der Waals surface area contributed by atoms with Gasteiger partial charge < -0.3 is 0 Å². The van der Waals surface area contributed by atoms with Crippen LogP contribution in [0, 0.1) is 11.3 Å². The first-order valence-corrected chi connectivity index (χ1v) is 14.8. The van der Waals surface area contributed by atoms with Gasteiger partial charge in [0.25, 0.3) is 5.91 Å². The van der Waals surface area contributed by atoms with Crippen molar-refractivity contribution in [1.29, 1.82) is 5.26 Å². The summed E-state index contributed by atoms with van der Waals surface area (Å²) in [6.07, 6.45) is 2.56. The van der Waals surface area contributed by atoms with E-state index < -0.39 is 11.2 Å². The highest BCUT2D eigenvalue weighted by Crippen LogP contribution is 2.42. The predicted molar refractivity (Wildman–Crippen MR) is 163 cm³/mol. The molecule has 0 spiro atoms. The van der Waals surface area contributed by atoms with Gasteiger partial charge in [-0.25, -0.2) is 4.98 Å². The molecule has 2 amide bonds. The highest BCUT2D eigenvalue weighted by molar-refractivity contribution is 8.05. The standard InChI is InChI=1S/C29H19Cl3N4O2S2/c30-22-9-5-4-6-18(22)14-20-16-34-29(39-20)35-26(37)21(15-33)28-36(19-7-2-1-3-8-19)27(38)25(40-28)13-17-10-11-23(31)24(32)12-17/h1-12,16,25H,13-14H2,(H,34,35,37)/b28-21-/t25-/m1/s1. The molecule has 1 N–H and O–H groups in total. The van der Waals surface area contributed by atoms with E-state index in [1.807, 2.05) is 36.4 Å². The third-order valence-corrected chi connectivity index (χ3v) is 9.30. The van der Waals surface area contributed by atoms with Gasteiger partial charge in [0.05, 0.1) is 15.3 Å². The van der Waals surface area contributed by atoms with Crippen molar-refractivity contribution >= 4 is 80.5 Å². The molecule has 0 bridgehead atoms. The number of amides is 2. The van der Waals surface area contributed by atoms with Crippen LogP contribution in [-0.4, -0.2) is 22.0 Å². The predicted octanol–water partition coefficient (Wildman–Crippen LogP) is 7.76. The van der Waals surface area contributed by atoms with Crippen molar-refractivity contribution in [2.45, 2.75) is 18.1 Å². The SMILES string of the molecule is N#C/C(C(=O)Nc1ncc(Cc2ccccc2Cl)s1)=C1/S[C@H](Cc2ccc(Cl)c(Cl)c2)C(=O)N1c1ccccc1. The molecule has 0 radical (unpaired) electrons. The maximum Gasteiger partial charge on any atom is 0.270 e. The lowest BCUT2D eigenvalue weighted by Crippen LogP contribution is -2.30. The quantitative estimate of drug-likeness (QED) is 0.168. The second kappa shape index (κ2) is 12.5. The van der Waals surface area contributed by atoms with E-state index in [2.05, 4.69) is 10.3 Å². The number of nitrogens with zero attached hydrogens (tertiary/aromatic N) is 3. The van der Waals surface area contributed by atoms with Crippen LogP contribution < -0.4 is 10.2 Å². The zero-order valence-electron chi connectivity index (χ0n) is 20.6. The second-order valence-corrected chi connectivity index (χ2v) is 12.2. The Hall–Kier alpha value is -3.32. The van der Waals surface area contributed by atoms with E-state index in [4.69, 9.17) is 34.8 Å². The molecule has 1 aliphatic heterocycles. The number of carbonyl (C=O) groups excluding carboxylic acids is 2. The average molecular weight is 626 g/mol. The van der Waals surface area contributed by atoms with Crippen LogP contribution in [0.3, 0.4) is 0 Å². The Labute approximate surface area is 254 Å². The van der Waals surface area contributed by atoms with Gasteiger partial charge in [0.15, 0.2) is 5.13 Å². The summed E-state index contributed by atoms with van der Waals surface area (Å²) in [7, 11) is 0. The molecule has 0 saturated carbocycles. The van der Waals surface area contributed by atoms with Gasteiger partial charge in [-0.2, -0.15) is 5.26 Å². The number of benzene rings is 3. The Morgan fingerprint density at radius 1 is 1.00 bits per heavy atom. The molecule has 40 heavy (non-hydrogen) atoms. The molecule has 4 aromatic rings. The summed E-state index contributed by atoms with van der Waals surface area (Å²) >= 11 is 21.0. The van der Waals surface area contributed by atoms with Gasteiger partial charge >= 0.3 is 0 Å². The molecule has 0 unspecified atom stereocenters. The van der Waals surface area contributed by atoms with Crippen LogP contribution in [0.1, 0.15) is 16.0 Å². The number of aromatic nitrogens is 1. The number of halogens is 3. The molecule has 5 rings (SSSR count). The summed E-state index contributed by atoms with van der Waals surface area (Å²) in [6.45, 7) is 0. The Bertz CT molecular complexity index is 1670. The number of hydrogen-bond acceptors (Lipinski definition) is 6. The van der Waals surface area contributed by atoms with E-state index >= 15 is 0 Å². The Morgan fingerprint density at radius 2 is 1.75 bits per heavy atom. The first-order chi connectivity index (χ1) is 19.3. The zero-order valence-corrected chi connectivity index (χ0v) is 24.5. The first kappa shape index (κ1) is 28.2. The van der Waals surface area contributed by atoms with Crippen LogP contribution in [0.25, 0.3) is 0 Å². The monoisotopic (exact) mass is 624 g/mol. The average Bonchev–Trinajstić information content (AvgIpc) is 3.52.